The predicted octanol–water partition coefficient (Wildman–Crippen LogP) is 5.43. The van der Waals surface area contributed by atoms with Gasteiger partial charge in [-0.3, -0.25) is 4.79 Å². The molecule has 1 N–H and O–H groups in total. The maximum atomic E-state index is 15.0. The summed E-state index contributed by atoms with van der Waals surface area (Å²) in [6.45, 7) is 2.63. The first kappa shape index (κ1) is 22.0. The Hall–Kier alpha value is -2.70. The fraction of sp³-hybridized carbons (Fsp3) is 0.478. The number of nitrogens with zero attached hydrogens (tertiary/aromatic N) is 2. The van der Waals surface area contributed by atoms with Gasteiger partial charge in [-0.15, -0.1) is 0 Å². The minimum atomic E-state index is -0.869. The lowest BCUT2D eigenvalue weighted by atomic mass is 10.0. The van der Waals surface area contributed by atoms with Gasteiger partial charge >= 0.3 is 5.97 Å². The quantitative estimate of drug-likeness (QED) is 0.521. The van der Waals surface area contributed by atoms with E-state index >= 15 is 0 Å². The fourth-order valence-corrected chi connectivity index (χ4v) is 3.90. The van der Waals surface area contributed by atoms with Crippen LogP contribution in [0.5, 0.6) is 5.88 Å². The summed E-state index contributed by atoms with van der Waals surface area (Å²) in [5.41, 5.74) is 0.869. The van der Waals surface area contributed by atoms with Crippen molar-refractivity contribution < 1.29 is 23.4 Å². The summed E-state index contributed by atoms with van der Waals surface area (Å²) in [7, 11) is 0. The molecule has 1 aromatic carbocycles. The lowest BCUT2D eigenvalue weighted by Gasteiger charge is -2.24. The summed E-state index contributed by atoms with van der Waals surface area (Å²) in [4.78, 5) is 16.5. The molecule has 1 aliphatic carbocycles. The number of anilines is 1. The second-order valence-corrected chi connectivity index (χ2v) is 7.60. The van der Waals surface area contributed by atoms with Gasteiger partial charge in [0.1, 0.15) is 23.4 Å². The number of aliphatic carboxylic acids is 1. The van der Waals surface area contributed by atoms with E-state index in [1.54, 1.807) is 23.2 Å². The molecule has 0 unspecified atom stereocenters. The van der Waals surface area contributed by atoms with Gasteiger partial charge < -0.3 is 14.7 Å². The molecule has 1 aliphatic rings. The normalized spacial score (nSPS) is 14.1. The van der Waals surface area contributed by atoms with Crippen LogP contribution in [0.1, 0.15) is 51.9 Å². The third-order valence-electron chi connectivity index (χ3n) is 5.45. The zero-order valence-electron chi connectivity index (χ0n) is 17.2. The molecule has 162 valence electrons. The van der Waals surface area contributed by atoms with Crippen molar-refractivity contribution in [2.24, 2.45) is 0 Å². The van der Waals surface area contributed by atoms with E-state index in [1.807, 2.05) is 6.92 Å². The standard InChI is InChI=1S/C23H28F2N2O3/c1-2-27(13-6-5-11-21(28)29)22-19(24)14-16(15-20(22)25)18-10-7-12-26-23(18)30-17-8-3-4-9-17/h7,10,12,14-15,17H,2-6,8-9,11,13H2,1H3,(H,28,29). The Labute approximate surface area is 175 Å². The number of hydrogen-bond donors (Lipinski definition) is 1. The Balaban J connectivity index is 1.81. The van der Waals surface area contributed by atoms with E-state index in [4.69, 9.17) is 9.84 Å². The molecule has 30 heavy (non-hydrogen) atoms. The van der Waals surface area contributed by atoms with E-state index in [-0.39, 0.29) is 18.2 Å². The van der Waals surface area contributed by atoms with Crippen LogP contribution >= 0.6 is 0 Å². The molecule has 1 saturated carbocycles. The lowest BCUT2D eigenvalue weighted by molar-refractivity contribution is -0.137. The van der Waals surface area contributed by atoms with Crippen LogP contribution in [0.2, 0.25) is 0 Å². The zero-order valence-corrected chi connectivity index (χ0v) is 17.2. The number of carboxylic acids is 1. The van der Waals surface area contributed by atoms with Gasteiger partial charge in [0, 0.05) is 31.3 Å². The lowest BCUT2D eigenvalue weighted by Crippen LogP contribution is -2.26. The van der Waals surface area contributed by atoms with Crippen molar-refractivity contribution in [3.05, 3.63) is 42.1 Å². The molecule has 0 spiro atoms. The van der Waals surface area contributed by atoms with Crippen molar-refractivity contribution in [1.29, 1.82) is 0 Å². The number of benzene rings is 1. The van der Waals surface area contributed by atoms with Gasteiger partial charge in [-0.25, -0.2) is 13.8 Å². The third kappa shape index (κ3) is 5.46. The third-order valence-corrected chi connectivity index (χ3v) is 5.45. The smallest absolute Gasteiger partial charge is 0.303 e. The van der Waals surface area contributed by atoms with Crippen molar-refractivity contribution in [2.45, 2.75) is 58.0 Å². The van der Waals surface area contributed by atoms with Crippen LogP contribution in [0.15, 0.2) is 30.5 Å². The number of hydrogen-bond acceptors (Lipinski definition) is 4. The number of pyridine rings is 1. The number of unbranched alkanes of at least 4 members (excludes halogenated alkanes) is 1. The maximum Gasteiger partial charge on any atom is 0.303 e. The Kier molecular flexibility index (Phi) is 7.60. The van der Waals surface area contributed by atoms with Crippen LogP contribution in [-0.4, -0.2) is 35.3 Å². The molecule has 1 aromatic heterocycles. The minimum absolute atomic E-state index is 0.0479. The van der Waals surface area contributed by atoms with Gasteiger partial charge in [0.15, 0.2) is 0 Å². The molecule has 0 bridgehead atoms. The number of aromatic nitrogens is 1. The van der Waals surface area contributed by atoms with E-state index in [1.165, 1.54) is 12.1 Å². The summed E-state index contributed by atoms with van der Waals surface area (Å²) in [6.07, 6.45) is 6.92. The number of ether oxygens (including phenoxy) is 1. The van der Waals surface area contributed by atoms with E-state index in [0.29, 0.717) is 42.9 Å². The summed E-state index contributed by atoms with van der Waals surface area (Å²) >= 11 is 0. The number of carbonyl (C=O) groups is 1. The first-order valence-electron chi connectivity index (χ1n) is 10.6. The highest BCUT2D eigenvalue weighted by molar-refractivity contribution is 5.71. The first-order valence-corrected chi connectivity index (χ1v) is 10.6. The van der Waals surface area contributed by atoms with Gasteiger partial charge in [0.05, 0.1) is 0 Å². The Morgan fingerprint density at radius 3 is 2.57 bits per heavy atom. The monoisotopic (exact) mass is 418 g/mol. The van der Waals surface area contributed by atoms with Crippen molar-refractivity contribution in [1.82, 2.24) is 4.98 Å². The number of rotatable bonds is 10. The minimum Gasteiger partial charge on any atom is -0.481 e. The molecule has 3 rings (SSSR count). The van der Waals surface area contributed by atoms with E-state index in [2.05, 4.69) is 4.98 Å². The highest BCUT2D eigenvalue weighted by Crippen LogP contribution is 2.35. The maximum absolute atomic E-state index is 15.0. The summed E-state index contributed by atoms with van der Waals surface area (Å²) in [6, 6.07) is 6.11. The molecule has 2 aromatic rings. The second-order valence-electron chi connectivity index (χ2n) is 7.60. The number of carboxylic acid groups (broad SMARTS) is 1. The zero-order chi connectivity index (χ0) is 21.5. The fourth-order valence-electron chi connectivity index (χ4n) is 3.90. The van der Waals surface area contributed by atoms with Crippen LogP contribution in [-0.2, 0) is 4.79 Å². The SMILES string of the molecule is CCN(CCCCC(=O)O)c1c(F)cc(-c2cccnc2OC2CCCC2)cc1F. The van der Waals surface area contributed by atoms with E-state index in [0.717, 1.165) is 25.7 Å². The van der Waals surface area contributed by atoms with Crippen LogP contribution in [0.4, 0.5) is 14.5 Å². The molecule has 0 radical (unpaired) electrons. The molecule has 1 fully saturated rings. The van der Waals surface area contributed by atoms with Crippen LogP contribution < -0.4 is 9.64 Å². The van der Waals surface area contributed by atoms with Gasteiger partial charge in [-0.05, 0) is 75.3 Å². The predicted molar refractivity (Wildman–Crippen MR) is 112 cm³/mol. The van der Waals surface area contributed by atoms with Gasteiger partial charge in [0.25, 0.3) is 0 Å². The summed E-state index contributed by atoms with van der Waals surface area (Å²) < 4.78 is 36.0. The van der Waals surface area contributed by atoms with Crippen LogP contribution in [0.25, 0.3) is 11.1 Å². The van der Waals surface area contributed by atoms with Crippen molar-refractivity contribution >= 4 is 11.7 Å². The molecule has 0 atom stereocenters. The highest BCUT2D eigenvalue weighted by Gasteiger charge is 2.22. The molecular formula is C23H28F2N2O3. The van der Waals surface area contributed by atoms with Crippen molar-refractivity contribution in [2.75, 3.05) is 18.0 Å². The second kappa shape index (κ2) is 10.4. The van der Waals surface area contributed by atoms with E-state index < -0.39 is 17.6 Å². The van der Waals surface area contributed by atoms with Gasteiger partial charge in [0.2, 0.25) is 5.88 Å². The van der Waals surface area contributed by atoms with Crippen LogP contribution in [0.3, 0.4) is 0 Å². The molecular weight excluding hydrogens is 390 g/mol. The van der Waals surface area contributed by atoms with Gasteiger partial charge in [-0.2, -0.15) is 0 Å². The van der Waals surface area contributed by atoms with E-state index in [9.17, 15) is 13.6 Å². The summed E-state index contributed by atoms with van der Waals surface area (Å²) in [5.74, 6) is -1.77. The largest absolute Gasteiger partial charge is 0.481 e. The van der Waals surface area contributed by atoms with Crippen LogP contribution in [0, 0.1) is 11.6 Å². The number of halogens is 2. The molecule has 5 nitrogen and oxygen atoms in total. The summed E-state index contributed by atoms with van der Waals surface area (Å²) in [5, 5.41) is 8.74. The molecule has 1 heterocycles. The average Bonchev–Trinajstić information content (AvgIpc) is 3.22. The Bertz CT molecular complexity index is 846. The molecule has 0 aliphatic heterocycles. The highest BCUT2D eigenvalue weighted by atomic mass is 19.1. The Morgan fingerprint density at radius 1 is 1.23 bits per heavy atom. The Morgan fingerprint density at radius 2 is 1.93 bits per heavy atom. The first-order chi connectivity index (χ1) is 14.5. The molecule has 0 amide bonds. The molecule has 7 heteroatoms. The van der Waals surface area contributed by atoms with Crippen molar-refractivity contribution in [3.8, 4) is 17.0 Å². The van der Waals surface area contributed by atoms with Crippen molar-refractivity contribution in [3.63, 3.8) is 0 Å². The topological polar surface area (TPSA) is 62.7 Å². The average molecular weight is 418 g/mol. The van der Waals surface area contributed by atoms with Gasteiger partial charge in [-0.1, -0.05) is 0 Å². The molecule has 0 saturated heterocycles.